The summed E-state index contributed by atoms with van der Waals surface area (Å²) in [7, 11) is 0. The summed E-state index contributed by atoms with van der Waals surface area (Å²) < 4.78 is 26.2. The van der Waals surface area contributed by atoms with Crippen molar-refractivity contribution in [2.24, 2.45) is 0 Å². The third-order valence-corrected chi connectivity index (χ3v) is 3.42. The topological polar surface area (TPSA) is 84.3 Å². The highest BCUT2D eigenvalue weighted by molar-refractivity contribution is 5.98. The standard InChI is InChI=1S/C13H15F2N3O3/c14-10-6-9(12(18(20)21)7-11(10)15)13(19)17-5-3-8-2-1-4-16-8/h6-8,16H,1-5H2,(H,17,19)/t8-/m0/s1. The Morgan fingerprint density at radius 3 is 2.76 bits per heavy atom. The van der Waals surface area contributed by atoms with Crippen LogP contribution in [-0.2, 0) is 0 Å². The van der Waals surface area contributed by atoms with Crippen LogP contribution in [0.15, 0.2) is 12.1 Å². The smallest absolute Gasteiger partial charge is 0.285 e. The van der Waals surface area contributed by atoms with Gasteiger partial charge in [-0.05, 0) is 31.9 Å². The third-order valence-electron chi connectivity index (χ3n) is 3.42. The number of nitro groups is 1. The molecule has 0 aromatic heterocycles. The first-order valence-electron chi connectivity index (χ1n) is 6.64. The molecule has 8 heteroatoms. The minimum absolute atomic E-state index is 0.310. The number of rotatable bonds is 5. The minimum atomic E-state index is -1.35. The van der Waals surface area contributed by atoms with E-state index in [0.717, 1.165) is 19.4 Å². The molecule has 0 saturated carbocycles. The molecule has 1 fully saturated rings. The lowest BCUT2D eigenvalue weighted by Crippen LogP contribution is -2.31. The Balaban J connectivity index is 2.03. The van der Waals surface area contributed by atoms with E-state index in [9.17, 15) is 23.7 Å². The highest BCUT2D eigenvalue weighted by atomic mass is 19.2. The molecule has 1 saturated heterocycles. The fourth-order valence-corrected chi connectivity index (χ4v) is 2.33. The molecule has 1 amide bonds. The largest absolute Gasteiger partial charge is 0.352 e. The zero-order chi connectivity index (χ0) is 15.4. The van der Waals surface area contributed by atoms with Crippen molar-refractivity contribution >= 4 is 11.6 Å². The maximum absolute atomic E-state index is 13.2. The zero-order valence-electron chi connectivity index (χ0n) is 11.2. The zero-order valence-corrected chi connectivity index (χ0v) is 11.2. The summed E-state index contributed by atoms with van der Waals surface area (Å²) in [5.74, 6) is -3.42. The van der Waals surface area contributed by atoms with E-state index in [1.54, 1.807) is 0 Å². The molecule has 1 atom stereocenters. The Kier molecular flexibility index (Phi) is 4.79. The predicted octanol–water partition coefficient (Wildman–Crippen LogP) is 1.74. The number of benzene rings is 1. The second-order valence-corrected chi connectivity index (χ2v) is 4.88. The van der Waals surface area contributed by atoms with Crippen LogP contribution in [0, 0.1) is 21.7 Å². The van der Waals surface area contributed by atoms with Crippen LogP contribution in [0.4, 0.5) is 14.5 Å². The Hall–Kier alpha value is -2.09. The van der Waals surface area contributed by atoms with Crippen molar-refractivity contribution in [1.29, 1.82) is 0 Å². The SMILES string of the molecule is O=C(NCC[C@@H]1CCCN1)c1cc(F)c(F)cc1[N+](=O)[O-]. The van der Waals surface area contributed by atoms with E-state index in [0.29, 0.717) is 31.1 Å². The molecule has 0 unspecified atom stereocenters. The summed E-state index contributed by atoms with van der Waals surface area (Å²) in [4.78, 5) is 21.8. The fourth-order valence-electron chi connectivity index (χ4n) is 2.33. The molecule has 1 aromatic carbocycles. The number of nitro benzene ring substituents is 1. The van der Waals surface area contributed by atoms with Gasteiger partial charge in [0.05, 0.1) is 11.0 Å². The van der Waals surface area contributed by atoms with Gasteiger partial charge < -0.3 is 10.6 Å². The van der Waals surface area contributed by atoms with Gasteiger partial charge in [-0.3, -0.25) is 14.9 Å². The van der Waals surface area contributed by atoms with Crippen LogP contribution in [0.25, 0.3) is 0 Å². The lowest BCUT2D eigenvalue weighted by atomic mass is 10.1. The lowest BCUT2D eigenvalue weighted by Gasteiger charge is -2.11. The summed E-state index contributed by atoms with van der Waals surface area (Å²) in [5.41, 5.74) is -1.22. The number of carbonyl (C=O) groups is 1. The van der Waals surface area contributed by atoms with E-state index in [4.69, 9.17) is 0 Å². The highest BCUT2D eigenvalue weighted by Crippen LogP contribution is 2.22. The Bertz CT molecular complexity index is 560. The van der Waals surface area contributed by atoms with E-state index in [1.165, 1.54) is 0 Å². The molecule has 0 aliphatic carbocycles. The second-order valence-electron chi connectivity index (χ2n) is 4.88. The van der Waals surface area contributed by atoms with Crippen molar-refractivity contribution in [3.63, 3.8) is 0 Å². The monoisotopic (exact) mass is 299 g/mol. The van der Waals surface area contributed by atoms with E-state index in [2.05, 4.69) is 10.6 Å². The molecular weight excluding hydrogens is 284 g/mol. The first kappa shape index (κ1) is 15.3. The van der Waals surface area contributed by atoms with E-state index in [1.807, 2.05) is 0 Å². The maximum atomic E-state index is 13.2. The van der Waals surface area contributed by atoms with Crippen molar-refractivity contribution in [3.8, 4) is 0 Å². The number of hydrogen-bond acceptors (Lipinski definition) is 4. The van der Waals surface area contributed by atoms with E-state index < -0.39 is 33.7 Å². The molecule has 0 radical (unpaired) electrons. The van der Waals surface area contributed by atoms with Gasteiger partial charge in [0, 0.05) is 12.6 Å². The van der Waals surface area contributed by atoms with Gasteiger partial charge >= 0.3 is 0 Å². The number of amides is 1. The van der Waals surface area contributed by atoms with Crippen molar-refractivity contribution in [3.05, 3.63) is 39.4 Å². The molecule has 0 bridgehead atoms. The number of hydrogen-bond donors (Lipinski definition) is 2. The van der Waals surface area contributed by atoms with Gasteiger partial charge in [-0.25, -0.2) is 8.78 Å². The van der Waals surface area contributed by atoms with Crippen molar-refractivity contribution in [1.82, 2.24) is 10.6 Å². The summed E-state index contributed by atoms with van der Waals surface area (Å²) in [6, 6.07) is 1.28. The highest BCUT2D eigenvalue weighted by Gasteiger charge is 2.24. The average molecular weight is 299 g/mol. The summed E-state index contributed by atoms with van der Waals surface area (Å²) in [6.07, 6.45) is 2.78. The van der Waals surface area contributed by atoms with E-state index in [-0.39, 0.29) is 0 Å². The first-order valence-corrected chi connectivity index (χ1v) is 6.64. The quantitative estimate of drug-likeness (QED) is 0.641. The summed E-state index contributed by atoms with van der Waals surface area (Å²) in [5, 5.41) is 16.5. The molecule has 1 aliphatic heterocycles. The van der Waals surface area contributed by atoms with Gasteiger partial charge in [0.15, 0.2) is 11.6 Å². The van der Waals surface area contributed by atoms with Gasteiger partial charge in [0.25, 0.3) is 11.6 Å². The van der Waals surface area contributed by atoms with Gasteiger partial charge in [0.1, 0.15) is 5.56 Å². The molecule has 1 aromatic rings. The van der Waals surface area contributed by atoms with Crippen LogP contribution in [0.5, 0.6) is 0 Å². The summed E-state index contributed by atoms with van der Waals surface area (Å²) >= 11 is 0. The number of halogens is 2. The molecule has 114 valence electrons. The van der Waals surface area contributed by atoms with Crippen LogP contribution in [0.1, 0.15) is 29.6 Å². The number of carbonyl (C=O) groups excluding carboxylic acids is 1. The third kappa shape index (κ3) is 3.72. The molecule has 1 aliphatic rings. The maximum Gasteiger partial charge on any atom is 0.285 e. The lowest BCUT2D eigenvalue weighted by molar-refractivity contribution is -0.385. The molecule has 1 heterocycles. The molecular formula is C13H15F2N3O3. The Morgan fingerprint density at radius 2 is 2.14 bits per heavy atom. The number of nitrogens with one attached hydrogen (secondary N) is 2. The van der Waals surface area contributed by atoms with Gasteiger partial charge in [-0.15, -0.1) is 0 Å². The molecule has 2 rings (SSSR count). The molecule has 2 N–H and O–H groups in total. The van der Waals surface area contributed by atoms with Crippen LogP contribution in [0.3, 0.4) is 0 Å². The first-order chi connectivity index (χ1) is 9.99. The van der Waals surface area contributed by atoms with Crippen molar-refractivity contribution < 1.29 is 18.5 Å². The fraction of sp³-hybridized carbons (Fsp3) is 0.462. The van der Waals surface area contributed by atoms with Gasteiger partial charge in [0.2, 0.25) is 0 Å². The normalized spacial score (nSPS) is 17.7. The average Bonchev–Trinajstić information content (AvgIpc) is 2.94. The summed E-state index contributed by atoms with van der Waals surface area (Å²) in [6.45, 7) is 1.25. The molecule has 6 nitrogen and oxygen atoms in total. The Morgan fingerprint density at radius 1 is 1.43 bits per heavy atom. The van der Waals surface area contributed by atoms with Crippen LogP contribution in [-0.4, -0.2) is 30.0 Å². The molecule has 0 spiro atoms. The Labute approximate surface area is 119 Å². The number of nitrogens with zero attached hydrogens (tertiary/aromatic N) is 1. The minimum Gasteiger partial charge on any atom is -0.352 e. The molecule has 21 heavy (non-hydrogen) atoms. The second kappa shape index (κ2) is 6.57. The van der Waals surface area contributed by atoms with Crippen LogP contribution >= 0.6 is 0 Å². The van der Waals surface area contributed by atoms with E-state index >= 15 is 0 Å². The van der Waals surface area contributed by atoms with Crippen LogP contribution < -0.4 is 10.6 Å². The predicted molar refractivity (Wildman–Crippen MR) is 71.0 cm³/mol. The van der Waals surface area contributed by atoms with Gasteiger partial charge in [-0.1, -0.05) is 0 Å². The van der Waals surface area contributed by atoms with Crippen molar-refractivity contribution in [2.75, 3.05) is 13.1 Å². The van der Waals surface area contributed by atoms with Crippen LogP contribution in [0.2, 0.25) is 0 Å². The van der Waals surface area contributed by atoms with Crippen molar-refractivity contribution in [2.45, 2.75) is 25.3 Å². The van der Waals surface area contributed by atoms with Gasteiger partial charge in [-0.2, -0.15) is 0 Å².